The van der Waals surface area contributed by atoms with Crippen molar-refractivity contribution in [3.05, 3.63) is 35.4 Å². The highest BCUT2D eigenvalue weighted by Gasteiger charge is 2.44. The molecule has 5 nitrogen and oxygen atoms in total. The molecule has 2 aliphatic rings. The van der Waals surface area contributed by atoms with Crippen LogP contribution in [-0.2, 0) is 9.84 Å². The molecule has 0 aromatic heterocycles. The highest BCUT2D eigenvalue weighted by molar-refractivity contribution is 7.92. The zero-order valence-corrected chi connectivity index (χ0v) is 15.8. The van der Waals surface area contributed by atoms with Crippen LogP contribution >= 0.6 is 0 Å². The van der Waals surface area contributed by atoms with Crippen LogP contribution in [0, 0.1) is 17.8 Å². The van der Waals surface area contributed by atoms with Gasteiger partial charge in [0.05, 0.1) is 16.4 Å². The number of nitrogens with zero attached hydrogens (tertiary/aromatic N) is 1. The number of amides is 2. The predicted molar refractivity (Wildman–Crippen MR) is 95.9 cm³/mol. The standard InChI is InChI=1S/C19H25NO4S/c1-12(2)14-9-8-13(3)10-17(14)25(23,24)11-20-18(21)15-6-4-5-7-16(15)19(20)22/h4-7,12-14,17H,8-11H2,1-3H3/t13-,14+,17+/m1/s1. The first-order valence-electron chi connectivity index (χ1n) is 8.89. The zero-order valence-electron chi connectivity index (χ0n) is 14.9. The summed E-state index contributed by atoms with van der Waals surface area (Å²) in [4.78, 5) is 25.9. The highest BCUT2D eigenvalue weighted by atomic mass is 32.2. The maximum Gasteiger partial charge on any atom is 0.262 e. The number of fused-ring (bicyclic) bond motifs is 1. The molecular formula is C19H25NO4S. The number of benzene rings is 1. The molecule has 136 valence electrons. The summed E-state index contributed by atoms with van der Waals surface area (Å²) in [5.74, 6) is -0.842. The molecule has 3 atom stereocenters. The Morgan fingerprint density at radius 1 is 1.08 bits per heavy atom. The number of imide groups is 1. The fraction of sp³-hybridized carbons (Fsp3) is 0.579. The third kappa shape index (κ3) is 3.24. The van der Waals surface area contributed by atoms with Gasteiger partial charge in [0.1, 0.15) is 5.88 Å². The van der Waals surface area contributed by atoms with E-state index in [4.69, 9.17) is 0 Å². The monoisotopic (exact) mass is 363 g/mol. The number of carbonyl (C=O) groups excluding carboxylic acids is 2. The van der Waals surface area contributed by atoms with E-state index in [0.29, 0.717) is 23.5 Å². The minimum absolute atomic E-state index is 0.0800. The van der Waals surface area contributed by atoms with E-state index >= 15 is 0 Å². The molecule has 0 radical (unpaired) electrons. The van der Waals surface area contributed by atoms with Gasteiger partial charge in [0.2, 0.25) is 0 Å². The first-order chi connectivity index (χ1) is 11.7. The van der Waals surface area contributed by atoms with Crippen LogP contribution in [0.2, 0.25) is 0 Å². The fourth-order valence-corrected chi connectivity index (χ4v) is 6.55. The minimum atomic E-state index is -3.59. The van der Waals surface area contributed by atoms with Crippen LogP contribution in [0.1, 0.15) is 60.7 Å². The van der Waals surface area contributed by atoms with E-state index in [1.807, 2.05) is 13.8 Å². The van der Waals surface area contributed by atoms with E-state index in [1.165, 1.54) is 0 Å². The van der Waals surface area contributed by atoms with Crippen LogP contribution in [0.5, 0.6) is 0 Å². The quantitative estimate of drug-likeness (QED) is 0.771. The highest BCUT2D eigenvalue weighted by Crippen LogP contribution is 2.38. The molecule has 1 saturated carbocycles. The topological polar surface area (TPSA) is 71.5 Å². The van der Waals surface area contributed by atoms with E-state index in [1.54, 1.807) is 24.3 Å². The fourth-order valence-electron chi connectivity index (χ4n) is 4.16. The molecule has 0 unspecified atom stereocenters. The Morgan fingerprint density at radius 2 is 1.64 bits per heavy atom. The van der Waals surface area contributed by atoms with Crippen molar-refractivity contribution in [1.29, 1.82) is 0 Å². The average molecular weight is 363 g/mol. The lowest BCUT2D eigenvalue weighted by atomic mass is 9.77. The Morgan fingerprint density at radius 3 is 2.16 bits per heavy atom. The van der Waals surface area contributed by atoms with E-state index in [9.17, 15) is 18.0 Å². The molecule has 1 fully saturated rings. The van der Waals surface area contributed by atoms with Crippen molar-refractivity contribution in [2.45, 2.75) is 45.3 Å². The lowest BCUT2D eigenvalue weighted by Gasteiger charge is -2.37. The second-order valence-corrected chi connectivity index (χ2v) is 9.93. The van der Waals surface area contributed by atoms with Crippen LogP contribution < -0.4 is 0 Å². The molecule has 1 aliphatic carbocycles. The SMILES string of the molecule is CC(C)[C@@H]1CC[C@@H](C)C[C@@H]1S(=O)(=O)CN1C(=O)c2ccccc2C1=O. The van der Waals surface area contributed by atoms with Gasteiger partial charge in [0.15, 0.2) is 9.84 Å². The molecule has 0 saturated heterocycles. The van der Waals surface area contributed by atoms with Gasteiger partial charge >= 0.3 is 0 Å². The molecule has 1 aromatic rings. The molecule has 25 heavy (non-hydrogen) atoms. The summed E-state index contributed by atoms with van der Waals surface area (Å²) >= 11 is 0. The second kappa shape index (κ2) is 6.56. The van der Waals surface area contributed by atoms with Gasteiger partial charge in [-0.2, -0.15) is 0 Å². The summed E-state index contributed by atoms with van der Waals surface area (Å²) in [6.45, 7) is 6.16. The molecule has 3 rings (SSSR count). The molecule has 1 aromatic carbocycles. The summed E-state index contributed by atoms with van der Waals surface area (Å²) in [5.41, 5.74) is 0.584. The summed E-state index contributed by atoms with van der Waals surface area (Å²) in [7, 11) is -3.59. The Bertz CT molecular complexity index is 764. The van der Waals surface area contributed by atoms with E-state index in [2.05, 4.69) is 6.92 Å². The van der Waals surface area contributed by atoms with Crippen molar-refractivity contribution < 1.29 is 18.0 Å². The summed E-state index contributed by atoms with van der Waals surface area (Å²) in [6.07, 6.45) is 2.51. The van der Waals surface area contributed by atoms with Crippen molar-refractivity contribution in [3.63, 3.8) is 0 Å². The smallest absolute Gasteiger partial charge is 0.262 e. The van der Waals surface area contributed by atoms with Gasteiger partial charge in [0, 0.05) is 0 Å². The van der Waals surface area contributed by atoms with Crippen molar-refractivity contribution >= 4 is 21.7 Å². The van der Waals surface area contributed by atoms with Crippen molar-refractivity contribution in [2.24, 2.45) is 17.8 Å². The average Bonchev–Trinajstić information content (AvgIpc) is 2.80. The normalized spacial score (nSPS) is 27.0. The second-order valence-electron chi connectivity index (χ2n) is 7.74. The van der Waals surface area contributed by atoms with Gasteiger partial charge in [0.25, 0.3) is 11.8 Å². The van der Waals surface area contributed by atoms with Crippen LogP contribution in [0.15, 0.2) is 24.3 Å². The minimum Gasteiger partial charge on any atom is -0.269 e. The van der Waals surface area contributed by atoms with E-state index in [-0.39, 0.29) is 11.8 Å². The zero-order chi connectivity index (χ0) is 18.4. The lowest BCUT2D eigenvalue weighted by molar-refractivity contribution is 0.0679. The van der Waals surface area contributed by atoms with Crippen LogP contribution in [0.25, 0.3) is 0 Å². The van der Waals surface area contributed by atoms with Crippen molar-refractivity contribution in [2.75, 3.05) is 5.88 Å². The molecule has 0 N–H and O–H groups in total. The Kier molecular flexibility index (Phi) is 4.75. The summed E-state index contributed by atoms with van der Waals surface area (Å²) < 4.78 is 26.2. The first kappa shape index (κ1) is 18.1. The van der Waals surface area contributed by atoms with Gasteiger partial charge in [-0.05, 0) is 42.7 Å². The van der Waals surface area contributed by atoms with Crippen molar-refractivity contribution in [1.82, 2.24) is 4.90 Å². The molecule has 0 spiro atoms. The number of carbonyl (C=O) groups is 2. The van der Waals surface area contributed by atoms with Gasteiger partial charge < -0.3 is 0 Å². The largest absolute Gasteiger partial charge is 0.269 e. The predicted octanol–water partition coefficient (Wildman–Crippen LogP) is 3.12. The van der Waals surface area contributed by atoms with E-state index < -0.39 is 32.8 Å². The van der Waals surface area contributed by atoms with Crippen molar-refractivity contribution in [3.8, 4) is 0 Å². The van der Waals surface area contributed by atoms with Gasteiger partial charge in [-0.25, -0.2) is 8.42 Å². The van der Waals surface area contributed by atoms with Gasteiger partial charge in [-0.1, -0.05) is 39.3 Å². The van der Waals surface area contributed by atoms with Gasteiger partial charge in [-0.15, -0.1) is 0 Å². The number of hydrogen-bond acceptors (Lipinski definition) is 4. The molecule has 0 bridgehead atoms. The van der Waals surface area contributed by atoms with E-state index in [0.717, 1.165) is 17.7 Å². The molecule has 2 amide bonds. The van der Waals surface area contributed by atoms with Crippen LogP contribution in [0.4, 0.5) is 0 Å². The lowest BCUT2D eigenvalue weighted by Crippen LogP contribution is -2.44. The number of sulfone groups is 1. The number of rotatable bonds is 4. The Hall–Kier alpha value is -1.69. The third-order valence-electron chi connectivity index (χ3n) is 5.61. The van der Waals surface area contributed by atoms with Gasteiger partial charge in [-0.3, -0.25) is 14.5 Å². The summed E-state index contributed by atoms with van der Waals surface area (Å²) in [5, 5.41) is -0.486. The number of hydrogen-bond donors (Lipinski definition) is 0. The van der Waals surface area contributed by atoms with Crippen LogP contribution in [-0.4, -0.2) is 36.3 Å². The molecule has 6 heteroatoms. The Labute approximate surface area is 149 Å². The molecular weight excluding hydrogens is 338 g/mol. The third-order valence-corrected chi connectivity index (χ3v) is 7.69. The molecule has 1 heterocycles. The maximum absolute atomic E-state index is 13.1. The van der Waals surface area contributed by atoms with Crippen LogP contribution in [0.3, 0.4) is 0 Å². The summed E-state index contributed by atoms with van der Waals surface area (Å²) in [6, 6.07) is 6.50. The Balaban J connectivity index is 1.86. The maximum atomic E-state index is 13.1. The molecule has 1 aliphatic heterocycles. The first-order valence-corrected chi connectivity index (χ1v) is 10.6.